The summed E-state index contributed by atoms with van der Waals surface area (Å²) in [4.78, 5) is 17.1. The van der Waals surface area contributed by atoms with Crippen molar-refractivity contribution in [3.05, 3.63) is 76.8 Å². The lowest BCUT2D eigenvalue weighted by atomic mass is 10.2. The van der Waals surface area contributed by atoms with E-state index in [1.165, 1.54) is 5.01 Å². The molecule has 1 aliphatic heterocycles. The van der Waals surface area contributed by atoms with Gasteiger partial charge < -0.3 is 10.6 Å². The number of hydrogen-bond acceptors (Lipinski definition) is 4. The van der Waals surface area contributed by atoms with Gasteiger partial charge in [0.05, 0.1) is 22.1 Å². The number of hydrogen-bond donors (Lipinski definition) is 2. The van der Waals surface area contributed by atoms with Crippen LogP contribution in [-0.4, -0.2) is 17.6 Å². The zero-order chi connectivity index (χ0) is 21.3. The van der Waals surface area contributed by atoms with E-state index in [9.17, 15) is 4.79 Å². The number of nitrogens with zero attached hydrogens (tertiary/aromatic N) is 2. The molecule has 3 aromatic rings. The molecule has 152 valence electrons. The molecule has 3 aromatic carbocycles. The summed E-state index contributed by atoms with van der Waals surface area (Å²) in [5.74, 6) is -0.301. The highest BCUT2D eigenvalue weighted by Gasteiger charge is 2.26. The number of nitrogens with two attached hydrogens (primary N) is 1. The number of fused-ring (bicyclic) bond motifs is 2. The van der Waals surface area contributed by atoms with Crippen LogP contribution in [0.2, 0.25) is 10.0 Å². The molecule has 0 atom stereocenters. The molecule has 1 heterocycles. The summed E-state index contributed by atoms with van der Waals surface area (Å²) in [5.41, 5.74) is 11.0. The predicted molar refractivity (Wildman–Crippen MR) is 128 cm³/mol. The number of carbonyl (C=O) groups is 1. The van der Waals surface area contributed by atoms with Gasteiger partial charge in [0.15, 0.2) is 5.11 Å². The van der Waals surface area contributed by atoms with Crippen LogP contribution in [-0.2, 0) is 4.79 Å². The number of rotatable bonds is 3. The molecule has 30 heavy (non-hydrogen) atoms. The Morgan fingerprint density at radius 3 is 2.20 bits per heavy atom. The smallest absolute Gasteiger partial charge is 0.258 e. The highest BCUT2D eigenvalue weighted by Crippen LogP contribution is 2.47. The Labute approximate surface area is 193 Å². The lowest BCUT2D eigenvalue weighted by Gasteiger charge is -2.33. The third kappa shape index (κ3) is 4.20. The van der Waals surface area contributed by atoms with Crippen LogP contribution in [0.1, 0.15) is 0 Å². The van der Waals surface area contributed by atoms with Gasteiger partial charge in [-0.1, -0.05) is 59.2 Å². The first kappa shape index (κ1) is 20.8. The molecule has 0 saturated heterocycles. The summed E-state index contributed by atoms with van der Waals surface area (Å²) in [7, 11) is 0. The van der Waals surface area contributed by atoms with Gasteiger partial charge in [0, 0.05) is 14.8 Å². The Bertz CT molecular complexity index is 1100. The fraction of sp³-hybridized carbons (Fsp3) is 0.0476. The molecule has 0 fully saturated rings. The summed E-state index contributed by atoms with van der Waals surface area (Å²) < 4.78 is 0. The molecule has 9 heteroatoms. The molecule has 0 bridgehead atoms. The minimum atomic E-state index is -0.301. The molecule has 1 amide bonds. The van der Waals surface area contributed by atoms with Crippen molar-refractivity contribution < 1.29 is 4.79 Å². The van der Waals surface area contributed by atoms with Crippen LogP contribution < -0.4 is 21.1 Å². The Balaban J connectivity index is 1.61. The Morgan fingerprint density at radius 2 is 1.63 bits per heavy atom. The standard InChI is InChI=1S/C21H16Cl2N4OS2/c22-13-9-10-15(14(23)11-13)27(21(24)29)25-20(28)12-26-16-5-1-3-7-18(16)30-19-8-4-2-6-17(19)26/h1-11H,12H2,(H2,24,29)(H,25,28). The first-order valence-electron chi connectivity index (χ1n) is 8.91. The topological polar surface area (TPSA) is 61.6 Å². The van der Waals surface area contributed by atoms with E-state index in [-0.39, 0.29) is 17.6 Å². The minimum absolute atomic E-state index is 0.0393. The summed E-state index contributed by atoms with van der Waals surface area (Å²) in [6.45, 7) is 0.0684. The van der Waals surface area contributed by atoms with Crippen molar-refractivity contribution >= 4 is 75.3 Å². The monoisotopic (exact) mass is 474 g/mol. The number of benzene rings is 3. The molecule has 0 aliphatic carbocycles. The average molecular weight is 475 g/mol. The number of halogens is 2. The second-order valence-corrected chi connectivity index (χ2v) is 8.77. The second-order valence-electron chi connectivity index (χ2n) is 6.43. The molecule has 1 aliphatic rings. The van der Waals surface area contributed by atoms with Gasteiger partial charge in [0.25, 0.3) is 5.91 Å². The number of amides is 1. The van der Waals surface area contributed by atoms with Gasteiger partial charge in [-0.25, -0.2) is 5.01 Å². The van der Waals surface area contributed by atoms with E-state index in [1.807, 2.05) is 53.4 Å². The zero-order valence-corrected chi connectivity index (χ0v) is 18.7. The molecule has 0 saturated carbocycles. The molecule has 3 N–H and O–H groups in total. The minimum Gasteiger partial charge on any atom is -0.374 e. The van der Waals surface area contributed by atoms with E-state index >= 15 is 0 Å². The lowest BCUT2D eigenvalue weighted by molar-refractivity contribution is -0.119. The third-order valence-corrected chi connectivity index (χ3v) is 6.29. The second kappa shape index (κ2) is 8.73. The lowest BCUT2D eigenvalue weighted by Crippen LogP contribution is -2.51. The van der Waals surface area contributed by atoms with Gasteiger partial charge in [-0.15, -0.1) is 0 Å². The molecule has 4 rings (SSSR count). The van der Waals surface area contributed by atoms with Crippen LogP contribution in [0.4, 0.5) is 17.1 Å². The fourth-order valence-electron chi connectivity index (χ4n) is 3.15. The molecule has 0 spiro atoms. The highest BCUT2D eigenvalue weighted by atomic mass is 35.5. The number of para-hydroxylation sites is 2. The van der Waals surface area contributed by atoms with Crippen LogP contribution >= 0.6 is 47.2 Å². The van der Waals surface area contributed by atoms with Gasteiger partial charge in [0.1, 0.15) is 6.54 Å². The maximum atomic E-state index is 13.0. The van der Waals surface area contributed by atoms with E-state index in [1.54, 1.807) is 30.0 Å². The summed E-state index contributed by atoms with van der Waals surface area (Å²) in [6, 6.07) is 20.8. The molecule has 0 unspecified atom stereocenters. The normalized spacial score (nSPS) is 12.0. The van der Waals surface area contributed by atoms with E-state index in [0.29, 0.717) is 15.7 Å². The van der Waals surface area contributed by atoms with Crippen molar-refractivity contribution in [2.75, 3.05) is 16.5 Å². The fourth-order valence-corrected chi connectivity index (χ4v) is 4.88. The van der Waals surface area contributed by atoms with E-state index in [4.69, 9.17) is 41.2 Å². The van der Waals surface area contributed by atoms with E-state index in [2.05, 4.69) is 5.43 Å². The summed E-state index contributed by atoms with van der Waals surface area (Å²) >= 11 is 19.0. The molecule has 5 nitrogen and oxygen atoms in total. The number of thiocarbonyl (C=S) groups is 1. The molecular formula is C21H16Cl2N4OS2. The number of anilines is 3. The van der Waals surface area contributed by atoms with Crippen LogP contribution in [0.3, 0.4) is 0 Å². The van der Waals surface area contributed by atoms with Gasteiger partial charge in [0.2, 0.25) is 0 Å². The van der Waals surface area contributed by atoms with Gasteiger partial charge in [-0.3, -0.25) is 10.2 Å². The van der Waals surface area contributed by atoms with E-state index < -0.39 is 0 Å². The predicted octanol–water partition coefficient (Wildman–Crippen LogP) is 5.38. The van der Waals surface area contributed by atoms with Crippen molar-refractivity contribution in [3.8, 4) is 0 Å². The quantitative estimate of drug-likeness (QED) is 0.392. The maximum Gasteiger partial charge on any atom is 0.258 e. The Morgan fingerprint density at radius 1 is 1.03 bits per heavy atom. The van der Waals surface area contributed by atoms with Crippen molar-refractivity contribution in [2.24, 2.45) is 5.73 Å². The van der Waals surface area contributed by atoms with Crippen LogP contribution in [0.25, 0.3) is 0 Å². The Hall–Kier alpha value is -2.45. The van der Waals surface area contributed by atoms with Gasteiger partial charge in [-0.05, 0) is 54.7 Å². The average Bonchev–Trinajstić information content (AvgIpc) is 2.72. The highest BCUT2D eigenvalue weighted by molar-refractivity contribution is 7.99. The van der Waals surface area contributed by atoms with Crippen molar-refractivity contribution in [1.29, 1.82) is 0 Å². The molecule has 0 radical (unpaired) electrons. The number of carbonyl (C=O) groups excluding carboxylic acids is 1. The molecule has 0 aromatic heterocycles. The maximum absolute atomic E-state index is 13.0. The van der Waals surface area contributed by atoms with Gasteiger partial charge in [-0.2, -0.15) is 0 Å². The van der Waals surface area contributed by atoms with Crippen LogP contribution in [0.15, 0.2) is 76.5 Å². The SMILES string of the molecule is NC(=S)N(NC(=O)CN1c2ccccc2Sc2ccccc21)c1ccc(Cl)cc1Cl. The van der Waals surface area contributed by atoms with Crippen molar-refractivity contribution in [3.63, 3.8) is 0 Å². The van der Waals surface area contributed by atoms with Crippen LogP contribution in [0.5, 0.6) is 0 Å². The zero-order valence-electron chi connectivity index (χ0n) is 15.5. The first-order valence-corrected chi connectivity index (χ1v) is 10.9. The van der Waals surface area contributed by atoms with E-state index in [0.717, 1.165) is 21.2 Å². The summed E-state index contributed by atoms with van der Waals surface area (Å²) in [5, 5.41) is 2.03. The van der Waals surface area contributed by atoms with Crippen LogP contribution in [0, 0.1) is 0 Å². The Kier molecular flexibility index (Phi) is 6.06. The summed E-state index contributed by atoms with van der Waals surface area (Å²) in [6.07, 6.45) is 0. The van der Waals surface area contributed by atoms with Gasteiger partial charge >= 0.3 is 0 Å². The van der Waals surface area contributed by atoms with Crippen molar-refractivity contribution in [2.45, 2.75) is 9.79 Å². The molecular weight excluding hydrogens is 459 g/mol. The van der Waals surface area contributed by atoms with Crippen molar-refractivity contribution in [1.82, 2.24) is 5.43 Å². The first-order chi connectivity index (χ1) is 14.4. The number of hydrazine groups is 1. The third-order valence-electron chi connectivity index (χ3n) is 4.44. The number of nitrogens with one attached hydrogen (secondary N) is 1. The largest absolute Gasteiger partial charge is 0.374 e.